The Kier molecular flexibility index (Phi) is 5.98. The second-order valence-electron chi connectivity index (χ2n) is 5.82. The molecule has 1 aromatic rings. The number of morpholine rings is 1. The second-order valence-corrected chi connectivity index (χ2v) is 5.82. The molecule has 1 fully saturated rings. The molecule has 1 heterocycles. The van der Waals surface area contributed by atoms with E-state index in [0.717, 1.165) is 18.8 Å². The number of carbonyl (C=O) groups is 2. The fraction of sp³-hybridized carbons (Fsp3) is 0.529. The van der Waals surface area contributed by atoms with Crippen LogP contribution in [-0.2, 0) is 9.53 Å². The van der Waals surface area contributed by atoms with Gasteiger partial charge in [0.1, 0.15) is 6.04 Å². The Labute approximate surface area is 136 Å². The standard InChI is InChI=1S/C17H24N2O4/c1-3-12(2)15(17(21)22)18-16(20)13-4-6-14(7-5-13)19-8-10-23-11-9-19/h4-7,12,15H,3,8-11H2,1-2H3,(H,18,20)(H,21,22). The van der Waals surface area contributed by atoms with Crippen molar-refractivity contribution in [1.29, 1.82) is 0 Å². The van der Waals surface area contributed by atoms with Gasteiger partial charge in [-0.25, -0.2) is 4.79 Å². The van der Waals surface area contributed by atoms with Gasteiger partial charge >= 0.3 is 5.97 Å². The lowest BCUT2D eigenvalue weighted by Crippen LogP contribution is -2.45. The maximum Gasteiger partial charge on any atom is 0.326 e. The maximum atomic E-state index is 12.3. The third-order valence-electron chi connectivity index (χ3n) is 4.27. The number of nitrogens with one attached hydrogen (secondary N) is 1. The molecule has 2 unspecified atom stereocenters. The summed E-state index contributed by atoms with van der Waals surface area (Å²) in [6.07, 6.45) is 0.688. The van der Waals surface area contributed by atoms with Gasteiger partial charge in [-0.3, -0.25) is 4.79 Å². The highest BCUT2D eigenvalue weighted by Gasteiger charge is 2.25. The van der Waals surface area contributed by atoms with Crippen molar-refractivity contribution >= 4 is 17.6 Å². The molecular formula is C17H24N2O4. The number of ether oxygens (including phenoxy) is 1. The third kappa shape index (κ3) is 4.45. The van der Waals surface area contributed by atoms with E-state index in [2.05, 4.69) is 10.2 Å². The fourth-order valence-corrected chi connectivity index (χ4v) is 2.55. The zero-order chi connectivity index (χ0) is 16.8. The van der Waals surface area contributed by atoms with Crippen molar-refractivity contribution in [2.75, 3.05) is 31.2 Å². The zero-order valence-electron chi connectivity index (χ0n) is 13.6. The van der Waals surface area contributed by atoms with Crippen LogP contribution in [0.15, 0.2) is 24.3 Å². The Morgan fingerprint density at radius 2 is 1.87 bits per heavy atom. The number of rotatable bonds is 6. The molecular weight excluding hydrogens is 296 g/mol. The van der Waals surface area contributed by atoms with Crippen molar-refractivity contribution < 1.29 is 19.4 Å². The molecule has 0 aromatic heterocycles. The second kappa shape index (κ2) is 7.97. The van der Waals surface area contributed by atoms with Crippen LogP contribution in [0.4, 0.5) is 5.69 Å². The van der Waals surface area contributed by atoms with Crippen molar-refractivity contribution in [2.45, 2.75) is 26.3 Å². The molecule has 6 heteroatoms. The lowest BCUT2D eigenvalue weighted by molar-refractivity contribution is -0.140. The normalized spacial score (nSPS) is 17.4. The highest BCUT2D eigenvalue weighted by atomic mass is 16.5. The summed E-state index contributed by atoms with van der Waals surface area (Å²) < 4.78 is 5.32. The van der Waals surface area contributed by atoms with Crippen LogP contribution in [-0.4, -0.2) is 49.3 Å². The van der Waals surface area contributed by atoms with Gasteiger partial charge in [-0.2, -0.15) is 0 Å². The van der Waals surface area contributed by atoms with Gasteiger partial charge in [0.05, 0.1) is 13.2 Å². The number of benzene rings is 1. The van der Waals surface area contributed by atoms with Gasteiger partial charge in [0.2, 0.25) is 0 Å². The minimum Gasteiger partial charge on any atom is -0.480 e. The number of aliphatic carboxylic acids is 1. The van der Waals surface area contributed by atoms with E-state index in [4.69, 9.17) is 4.74 Å². The first-order valence-electron chi connectivity index (χ1n) is 7.99. The molecule has 0 saturated carbocycles. The molecule has 2 rings (SSSR count). The van der Waals surface area contributed by atoms with E-state index in [1.54, 1.807) is 12.1 Å². The fourth-order valence-electron chi connectivity index (χ4n) is 2.55. The van der Waals surface area contributed by atoms with Gasteiger partial charge in [-0.15, -0.1) is 0 Å². The molecule has 1 aromatic carbocycles. The SMILES string of the molecule is CCC(C)C(NC(=O)c1ccc(N2CCOCC2)cc1)C(=O)O. The zero-order valence-corrected chi connectivity index (χ0v) is 13.6. The predicted octanol–water partition coefficient (Wildman–Crippen LogP) is 1.75. The van der Waals surface area contributed by atoms with Crippen molar-refractivity contribution in [3.63, 3.8) is 0 Å². The van der Waals surface area contributed by atoms with E-state index < -0.39 is 12.0 Å². The van der Waals surface area contributed by atoms with Gasteiger partial charge in [0, 0.05) is 24.3 Å². The largest absolute Gasteiger partial charge is 0.480 e. The minimum atomic E-state index is -1.00. The molecule has 6 nitrogen and oxygen atoms in total. The summed E-state index contributed by atoms with van der Waals surface area (Å²) in [4.78, 5) is 25.8. The number of nitrogens with zero attached hydrogens (tertiary/aromatic N) is 1. The summed E-state index contributed by atoms with van der Waals surface area (Å²) in [5.74, 6) is -1.48. The molecule has 2 atom stereocenters. The Hall–Kier alpha value is -2.08. The van der Waals surface area contributed by atoms with Crippen LogP contribution < -0.4 is 10.2 Å². The van der Waals surface area contributed by atoms with Gasteiger partial charge in [0.15, 0.2) is 0 Å². The topological polar surface area (TPSA) is 78.9 Å². The number of hydrogen-bond acceptors (Lipinski definition) is 4. The smallest absolute Gasteiger partial charge is 0.326 e. The predicted molar refractivity (Wildman–Crippen MR) is 87.8 cm³/mol. The summed E-state index contributed by atoms with van der Waals surface area (Å²) in [5, 5.41) is 11.9. The number of carboxylic acids is 1. The van der Waals surface area contributed by atoms with Crippen LogP contribution in [0.5, 0.6) is 0 Å². The van der Waals surface area contributed by atoms with E-state index in [1.807, 2.05) is 26.0 Å². The van der Waals surface area contributed by atoms with Crippen LogP contribution in [0.25, 0.3) is 0 Å². The Morgan fingerprint density at radius 1 is 1.26 bits per heavy atom. The average molecular weight is 320 g/mol. The number of anilines is 1. The molecule has 126 valence electrons. The van der Waals surface area contributed by atoms with Crippen LogP contribution in [0.1, 0.15) is 30.6 Å². The lowest BCUT2D eigenvalue weighted by Gasteiger charge is -2.29. The van der Waals surface area contributed by atoms with E-state index in [0.29, 0.717) is 25.2 Å². The monoisotopic (exact) mass is 320 g/mol. The summed E-state index contributed by atoms with van der Waals surface area (Å²) in [6.45, 7) is 6.81. The molecule has 1 aliphatic heterocycles. The van der Waals surface area contributed by atoms with E-state index in [1.165, 1.54) is 0 Å². The highest BCUT2D eigenvalue weighted by molar-refractivity contribution is 5.96. The summed E-state index contributed by atoms with van der Waals surface area (Å²) in [5.41, 5.74) is 1.51. The first kappa shape index (κ1) is 17.3. The van der Waals surface area contributed by atoms with Crippen LogP contribution >= 0.6 is 0 Å². The lowest BCUT2D eigenvalue weighted by atomic mass is 9.99. The van der Waals surface area contributed by atoms with Gasteiger partial charge in [-0.05, 0) is 30.2 Å². The molecule has 23 heavy (non-hydrogen) atoms. The van der Waals surface area contributed by atoms with Crippen molar-refractivity contribution in [3.05, 3.63) is 29.8 Å². The number of carbonyl (C=O) groups excluding carboxylic acids is 1. The number of amides is 1. The Bertz CT molecular complexity index is 538. The number of hydrogen-bond donors (Lipinski definition) is 2. The molecule has 2 N–H and O–H groups in total. The first-order chi connectivity index (χ1) is 11.0. The summed E-state index contributed by atoms with van der Waals surface area (Å²) in [6, 6.07) is 6.37. The summed E-state index contributed by atoms with van der Waals surface area (Å²) in [7, 11) is 0. The van der Waals surface area contributed by atoms with Crippen molar-refractivity contribution in [1.82, 2.24) is 5.32 Å². The molecule has 1 saturated heterocycles. The minimum absolute atomic E-state index is 0.121. The molecule has 1 amide bonds. The molecule has 1 aliphatic rings. The van der Waals surface area contributed by atoms with Gasteiger partial charge < -0.3 is 20.1 Å². The Morgan fingerprint density at radius 3 is 2.39 bits per heavy atom. The van der Waals surface area contributed by atoms with Gasteiger partial charge in [0.25, 0.3) is 5.91 Å². The molecule has 0 radical (unpaired) electrons. The van der Waals surface area contributed by atoms with Crippen LogP contribution in [0, 0.1) is 5.92 Å². The van der Waals surface area contributed by atoms with E-state index in [9.17, 15) is 14.7 Å². The summed E-state index contributed by atoms with van der Waals surface area (Å²) >= 11 is 0. The van der Waals surface area contributed by atoms with Gasteiger partial charge in [-0.1, -0.05) is 20.3 Å². The third-order valence-corrected chi connectivity index (χ3v) is 4.27. The average Bonchev–Trinajstić information content (AvgIpc) is 2.59. The first-order valence-corrected chi connectivity index (χ1v) is 7.99. The van der Waals surface area contributed by atoms with Crippen molar-refractivity contribution in [2.24, 2.45) is 5.92 Å². The van der Waals surface area contributed by atoms with Crippen LogP contribution in [0.3, 0.4) is 0 Å². The van der Waals surface area contributed by atoms with E-state index in [-0.39, 0.29) is 11.8 Å². The Balaban J connectivity index is 2.03. The van der Waals surface area contributed by atoms with Crippen molar-refractivity contribution in [3.8, 4) is 0 Å². The highest BCUT2D eigenvalue weighted by Crippen LogP contribution is 2.17. The van der Waals surface area contributed by atoms with Crippen LogP contribution in [0.2, 0.25) is 0 Å². The maximum absolute atomic E-state index is 12.3. The van der Waals surface area contributed by atoms with E-state index >= 15 is 0 Å². The quantitative estimate of drug-likeness (QED) is 0.835. The molecule has 0 spiro atoms. The molecule has 0 bridgehead atoms. The molecule has 0 aliphatic carbocycles. The number of carboxylic acid groups (broad SMARTS) is 1.